The van der Waals surface area contributed by atoms with Crippen LogP contribution in [0.2, 0.25) is 0 Å². The van der Waals surface area contributed by atoms with Gasteiger partial charge in [-0.2, -0.15) is 4.98 Å². The van der Waals surface area contributed by atoms with E-state index in [-0.39, 0.29) is 5.91 Å². The highest BCUT2D eigenvalue weighted by Gasteiger charge is 2.41. The molecule has 1 aliphatic rings. The van der Waals surface area contributed by atoms with Crippen LogP contribution in [0.5, 0.6) is 0 Å². The van der Waals surface area contributed by atoms with E-state index < -0.39 is 5.54 Å². The number of nitrogens with zero attached hydrogens (tertiary/aromatic N) is 4. The molecule has 3 aromatic rings. The van der Waals surface area contributed by atoms with Gasteiger partial charge in [0.2, 0.25) is 5.91 Å². The van der Waals surface area contributed by atoms with Crippen LogP contribution < -0.4 is 5.32 Å². The summed E-state index contributed by atoms with van der Waals surface area (Å²) in [6.07, 6.45) is 6.99. The number of nitrogens with one attached hydrogen (secondary N) is 1. The van der Waals surface area contributed by atoms with E-state index in [1.807, 2.05) is 12.1 Å². The highest BCUT2D eigenvalue weighted by Crippen LogP contribution is 2.39. The molecule has 3 heterocycles. The van der Waals surface area contributed by atoms with Crippen LogP contribution in [-0.4, -0.2) is 26.2 Å². The van der Waals surface area contributed by atoms with Crippen molar-refractivity contribution in [2.75, 3.05) is 0 Å². The molecular formula is C18H19N5O3. The van der Waals surface area contributed by atoms with E-state index in [9.17, 15) is 4.79 Å². The zero-order valence-corrected chi connectivity index (χ0v) is 14.7. The fourth-order valence-electron chi connectivity index (χ4n) is 3.57. The summed E-state index contributed by atoms with van der Waals surface area (Å²) in [5.41, 5.74) is 1.57. The average Bonchev–Trinajstić information content (AvgIpc) is 3.35. The predicted molar refractivity (Wildman–Crippen MR) is 91.7 cm³/mol. The van der Waals surface area contributed by atoms with Gasteiger partial charge in [-0.25, -0.2) is 0 Å². The maximum Gasteiger partial charge on any atom is 0.263 e. The summed E-state index contributed by atoms with van der Waals surface area (Å²) in [5, 5.41) is 11.3. The standard InChI is InChI=1S/C18H19N5O3/c1-11-14(15(22-25-11)13-5-9-19-10-6-13)16-20-17(23-26-16)18(21-12(2)24)7-3-4-8-18/h5-6,9-10H,3-4,7-8H2,1-2H3,(H,21,24). The zero-order chi connectivity index (χ0) is 18.1. The third kappa shape index (κ3) is 2.77. The highest BCUT2D eigenvalue weighted by molar-refractivity contribution is 5.77. The van der Waals surface area contributed by atoms with Crippen molar-refractivity contribution < 1.29 is 13.8 Å². The minimum Gasteiger partial charge on any atom is -0.360 e. The van der Waals surface area contributed by atoms with Crippen molar-refractivity contribution in [2.45, 2.75) is 45.1 Å². The molecule has 4 rings (SSSR count). The van der Waals surface area contributed by atoms with E-state index in [4.69, 9.17) is 9.05 Å². The van der Waals surface area contributed by atoms with Gasteiger partial charge in [-0.05, 0) is 31.9 Å². The Kier molecular flexibility index (Phi) is 4.02. The van der Waals surface area contributed by atoms with Crippen LogP contribution in [0.4, 0.5) is 0 Å². The lowest BCUT2D eigenvalue weighted by Crippen LogP contribution is -2.43. The van der Waals surface area contributed by atoms with E-state index in [1.165, 1.54) is 6.92 Å². The number of hydrogen-bond acceptors (Lipinski definition) is 7. The van der Waals surface area contributed by atoms with Gasteiger partial charge >= 0.3 is 0 Å². The van der Waals surface area contributed by atoms with Gasteiger partial charge < -0.3 is 14.4 Å². The Balaban J connectivity index is 1.76. The van der Waals surface area contributed by atoms with Gasteiger partial charge in [-0.1, -0.05) is 23.2 Å². The van der Waals surface area contributed by atoms with Gasteiger partial charge in [-0.3, -0.25) is 9.78 Å². The fourth-order valence-corrected chi connectivity index (χ4v) is 3.57. The number of pyridine rings is 1. The molecular weight excluding hydrogens is 334 g/mol. The van der Waals surface area contributed by atoms with Crippen LogP contribution in [-0.2, 0) is 10.3 Å². The van der Waals surface area contributed by atoms with E-state index in [1.54, 1.807) is 19.3 Å². The summed E-state index contributed by atoms with van der Waals surface area (Å²) < 4.78 is 10.9. The summed E-state index contributed by atoms with van der Waals surface area (Å²) in [6, 6.07) is 3.68. The number of amides is 1. The van der Waals surface area contributed by atoms with Gasteiger partial charge in [0.1, 0.15) is 22.6 Å². The number of carbonyl (C=O) groups excluding carboxylic acids is 1. The molecule has 0 spiro atoms. The van der Waals surface area contributed by atoms with E-state index in [0.717, 1.165) is 31.2 Å². The molecule has 1 fully saturated rings. The molecule has 1 amide bonds. The number of carbonyl (C=O) groups is 1. The second-order valence-corrected chi connectivity index (χ2v) is 6.59. The molecule has 0 unspecified atom stereocenters. The minimum atomic E-state index is -0.560. The monoisotopic (exact) mass is 353 g/mol. The molecule has 1 aliphatic carbocycles. The largest absolute Gasteiger partial charge is 0.360 e. The first-order chi connectivity index (χ1) is 12.6. The number of rotatable bonds is 4. The Labute approximate surface area is 150 Å². The lowest BCUT2D eigenvalue weighted by atomic mass is 9.96. The molecule has 3 aromatic heterocycles. The minimum absolute atomic E-state index is 0.100. The van der Waals surface area contributed by atoms with Crippen LogP contribution >= 0.6 is 0 Å². The van der Waals surface area contributed by atoms with Gasteiger partial charge in [0, 0.05) is 24.9 Å². The Morgan fingerprint density at radius 2 is 1.88 bits per heavy atom. The van der Waals surface area contributed by atoms with Crippen LogP contribution in [0.25, 0.3) is 22.7 Å². The number of hydrogen-bond donors (Lipinski definition) is 1. The second-order valence-electron chi connectivity index (χ2n) is 6.59. The van der Waals surface area contributed by atoms with Crippen molar-refractivity contribution in [3.8, 4) is 22.7 Å². The Bertz CT molecular complexity index is 925. The summed E-state index contributed by atoms with van der Waals surface area (Å²) >= 11 is 0. The van der Waals surface area contributed by atoms with Crippen molar-refractivity contribution in [3.63, 3.8) is 0 Å². The van der Waals surface area contributed by atoms with Gasteiger partial charge in [-0.15, -0.1) is 0 Å². The molecule has 134 valence electrons. The molecule has 1 N–H and O–H groups in total. The second kappa shape index (κ2) is 6.36. The third-order valence-electron chi connectivity index (χ3n) is 4.76. The van der Waals surface area contributed by atoms with Crippen LogP contribution in [0.3, 0.4) is 0 Å². The maximum absolute atomic E-state index is 11.7. The summed E-state index contributed by atoms with van der Waals surface area (Å²) in [5.74, 6) is 1.33. The summed E-state index contributed by atoms with van der Waals surface area (Å²) in [6.45, 7) is 3.31. The lowest BCUT2D eigenvalue weighted by molar-refractivity contribution is -0.121. The van der Waals surface area contributed by atoms with Gasteiger partial charge in [0.15, 0.2) is 5.82 Å². The number of aromatic nitrogens is 4. The molecule has 0 bridgehead atoms. The Morgan fingerprint density at radius 1 is 1.15 bits per heavy atom. The smallest absolute Gasteiger partial charge is 0.263 e. The van der Waals surface area contributed by atoms with E-state index >= 15 is 0 Å². The molecule has 26 heavy (non-hydrogen) atoms. The lowest BCUT2D eigenvalue weighted by Gasteiger charge is -2.25. The summed E-state index contributed by atoms with van der Waals surface area (Å²) in [7, 11) is 0. The van der Waals surface area contributed by atoms with E-state index in [2.05, 4.69) is 25.6 Å². The molecule has 0 aliphatic heterocycles. The molecule has 0 aromatic carbocycles. The molecule has 8 heteroatoms. The van der Waals surface area contributed by atoms with Crippen molar-refractivity contribution in [3.05, 3.63) is 36.1 Å². The van der Waals surface area contributed by atoms with Gasteiger partial charge in [0.25, 0.3) is 5.89 Å². The maximum atomic E-state index is 11.7. The van der Waals surface area contributed by atoms with Crippen molar-refractivity contribution in [1.29, 1.82) is 0 Å². The third-order valence-corrected chi connectivity index (χ3v) is 4.76. The first-order valence-electron chi connectivity index (χ1n) is 8.59. The summed E-state index contributed by atoms with van der Waals surface area (Å²) in [4.78, 5) is 20.3. The highest BCUT2D eigenvalue weighted by atomic mass is 16.5. The molecule has 8 nitrogen and oxygen atoms in total. The first-order valence-corrected chi connectivity index (χ1v) is 8.59. The van der Waals surface area contributed by atoms with Crippen molar-refractivity contribution in [1.82, 2.24) is 25.6 Å². The van der Waals surface area contributed by atoms with E-state index in [0.29, 0.717) is 28.7 Å². The SMILES string of the molecule is CC(=O)NC1(c2noc(-c3c(-c4ccncc4)noc3C)n2)CCCC1. The van der Waals surface area contributed by atoms with Crippen molar-refractivity contribution >= 4 is 5.91 Å². The molecule has 0 radical (unpaired) electrons. The van der Waals surface area contributed by atoms with Crippen molar-refractivity contribution in [2.24, 2.45) is 0 Å². The normalized spacial score (nSPS) is 15.9. The molecule has 0 saturated heterocycles. The molecule has 1 saturated carbocycles. The average molecular weight is 353 g/mol. The van der Waals surface area contributed by atoms with Crippen LogP contribution in [0.1, 0.15) is 44.2 Å². The zero-order valence-electron chi connectivity index (χ0n) is 14.7. The van der Waals surface area contributed by atoms with Gasteiger partial charge in [0.05, 0.1) is 0 Å². The van der Waals surface area contributed by atoms with Crippen LogP contribution in [0.15, 0.2) is 33.6 Å². The fraction of sp³-hybridized carbons (Fsp3) is 0.389. The quantitative estimate of drug-likeness (QED) is 0.768. The van der Waals surface area contributed by atoms with Crippen LogP contribution in [0, 0.1) is 6.92 Å². The number of aryl methyl sites for hydroxylation is 1. The first kappa shape index (κ1) is 16.4. The Hall–Kier alpha value is -3.03. The molecule has 0 atom stereocenters. The predicted octanol–water partition coefficient (Wildman–Crippen LogP) is 3.00. The topological polar surface area (TPSA) is 107 Å². The Morgan fingerprint density at radius 3 is 2.58 bits per heavy atom.